The highest BCUT2D eigenvalue weighted by Crippen LogP contribution is 2.07. The van der Waals surface area contributed by atoms with Crippen LogP contribution in [0.25, 0.3) is 0 Å². The molecular weight excluding hydrogens is 344 g/mol. The summed E-state index contributed by atoms with van der Waals surface area (Å²) >= 11 is 0. The van der Waals surface area contributed by atoms with E-state index in [9.17, 15) is 19.5 Å². The zero-order valence-electron chi connectivity index (χ0n) is 15.2. The molecule has 6 nitrogen and oxygen atoms in total. The minimum absolute atomic E-state index is 0.0168. The van der Waals surface area contributed by atoms with Gasteiger partial charge in [-0.25, -0.2) is 0 Å². The van der Waals surface area contributed by atoms with Gasteiger partial charge in [0.15, 0.2) is 0 Å². The predicted molar refractivity (Wildman–Crippen MR) is 99.4 cm³/mol. The van der Waals surface area contributed by atoms with E-state index >= 15 is 0 Å². The maximum atomic E-state index is 12.6. The molecule has 0 heterocycles. The Bertz CT molecular complexity index is 841. The van der Waals surface area contributed by atoms with E-state index in [0.29, 0.717) is 11.1 Å². The second kappa shape index (κ2) is 9.33. The maximum Gasteiger partial charge on any atom is 0.268 e. The molecule has 0 aliphatic carbocycles. The van der Waals surface area contributed by atoms with Crippen LogP contribution in [0.15, 0.2) is 71.9 Å². The molecular formula is C21H21N2O4-. The smallest absolute Gasteiger partial charge is 0.268 e. The van der Waals surface area contributed by atoms with E-state index in [2.05, 4.69) is 10.6 Å². The van der Waals surface area contributed by atoms with Gasteiger partial charge in [0.2, 0.25) is 0 Å². The van der Waals surface area contributed by atoms with Crippen molar-refractivity contribution in [3.63, 3.8) is 0 Å². The van der Waals surface area contributed by atoms with E-state index in [1.54, 1.807) is 68.4 Å². The number of carbonyl (C=O) groups excluding carboxylic acids is 3. The fourth-order valence-electron chi connectivity index (χ4n) is 2.46. The number of rotatable bonds is 7. The van der Waals surface area contributed by atoms with Gasteiger partial charge in [0.1, 0.15) is 5.70 Å². The number of allylic oxidation sites excluding steroid dienone is 1. The molecule has 2 aromatic rings. The first-order chi connectivity index (χ1) is 12.9. The third-order valence-electron chi connectivity index (χ3n) is 3.87. The van der Waals surface area contributed by atoms with Crippen LogP contribution in [-0.4, -0.2) is 23.8 Å². The van der Waals surface area contributed by atoms with Crippen molar-refractivity contribution in [2.75, 3.05) is 0 Å². The molecule has 0 aromatic heterocycles. The highest BCUT2D eigenvalue weighted by atomic mass is 16.4. The number of carboxylic acids is 1. The second-order valence-electron chi connectivity index (χ2n) is 6.23. The topological polar surface area (TPSA) is 98.3 Å². The Morgan fingerprint density at radius 2 is 1.48 bits per heavy atom. The standard InChI is InChI=1S/C21H22N2O4/c1-14(2)18(23-19(24)16-11-7-4-8-12-16)20(25)22-17(21(26)27)13-15-9-5-3-6-10-15/h3-12,17H,13H2,1-2H3,(H,22,25)(H,23,24)(H,26,27)/p-1/t17-/m0/s1. The third-order valence-corrected chi connectivity index (χ3v) is 3.87. The molecule has 2 N–H and O–H groups in total. The summed E-state index contributed by atoms with van der Waals surface area (Å²) in [5, 5.41) is 16.4. The largest absolute Gasteiger partial charge is 0.548 e. The number of amides is 2. The predicted octanol–water partition coefficient (Wildman–Crippen LogP) is 1.19. The number of carboxylic acid groups (broad SMARTS) is 1. The van der Waals surface area contributed by atoms with Crippen LogP contribution < -0.4 is 15.7 Å². The Morgan fingerprint density at radius 3 is 2.00 bits per heavy atom. The molecule has 2 amide bonds. The molecule has 0 aliphatic heterocycles. The van der Waals surface area contributed by atoms with Gasteiger partial charge in [-0.1, -0.05) is 48.5 Å². The molecule has 0 unspecified atom stereocenters. The van der Waals surface area contributed by atoms with Gasteiger partial charge in [-0.2, -0.15) is 0 Å². The fourth-order valence-corrected chi connectivity index (χ4v) is 2.46. The molecule has 140 valence electrons. The van der Waals surface area contributed by atoms with Gasteiger partial charge in [0, 0.05) is 5.56 Å². The molecule has 0 spiro atoms. The molecule has 0 radical (unpaired) electrons. The summed E-state index contributed by atoms with van der Waals surface area (Å²) in [4.78, 5) is 36.3. The zero-order valence-corrected chi connectivity index (χ0v) is 15.2. The van der Waals surface area contributed by atoms with Gasteiger partial charge in [-0.3, -0.25) is 9.59 Å². The average molecular weight is 365 g/mol. The normalized spacial score (nSPS) is 11.2. The molecule has 2 aromatic carbocycles. The van der Waals surface area contributed by atoms with Gasteiger partial charge in [0.05, 0.1) is 12.0 Å². The van der Waals surface area contributed by atoms with Crippen LogP contribution in [0.5, 0.6) is 0 Å². The Morgan fingerprint density at radius 1 is 0.926 bits per heavy atom. The molecule has 27 heavy (non-hydrogen) atoms. The Kier molecular flexibility index (Phi) is 6.88. The van der Waals surface area contributed by atoms with E-state index in [1.807, 2.05) is 6.07 Å². The zero-order chi connectivity index (χ0) is 19.8. The summed E-state index contributed by atoms with van der Waals surface area (Å²) in [7, 11) is 0. The number of hydrogen-bond acceptors (Lipinski definition) is 4. The van der Waals surface area contributed by atoms with E-state index < -0.39 is 23.8 Å². The van der Waals surface area contributed by atoms with Crippen molar-refractivity contribution >= 4 is 17.8 Å². The van der Waals surface area contributed by atoms with Crippen molar-refractivity contribution in [2.45, 2.75) is 26.3 Å². The van der Waals surface area contributed by atoms with Crippen LogP contribution in [0.3, 0.4) is 0 Å². The molecule has 0 saturated heterocycles. The van der Waals surface area contributed by atoms with Crippen molar-refractivity contribution in [3.05, 3.63) is 83.1 Å². The van der Waals surface area contributed by atoms with E-state index in [4.69, 9.17) is 0 Å². The Balaban J connectivity index is 2.12. The van der Waals surface area contributed by atoms with Gasteiger partial charge in [0.25, 0.3) is 11.8 Å². The Labute approximate surface area is 157 Å². The fraction of sp³-hybridized carbons (Fsp3) is 0.190. The summed E-state index contributed by atoms with van der Waals surface area (Å²) in [6, 6.07) is 16.1. The average Bonchev–Trinajstić information content (AvgIpc) is 2.66. The maximum absolute atomic E-state index is 12.6. The van der Waals surface area contributed by atoms with E-state index in [1.165, 1.54) is 0 Å². The second-order valence-corrected chi connectivity index (χ2v) is 6.23. The highest BCUT2D eigenvalue weighted by molar-refractivity contribution is 6.03. The van der Waals surface area contributed by atoms with Gasteiger partial charge < -0.3 is 20.5 Å². The lowest BCUT2D eigenvalue weighted by Gasteiger charge is -2.21. The molecule has 6 heteroatoms. The summed E-state index contributed by atoms with van der Waals surface area (Å²) < 4.78 is 0. The van der Waals surface area contributed by atoms with Crippen LogP contribution in [0.1, 0.15) is 29.8 Å². The first kappa shape index (κ1) is 19.9. The summed E-state index contributed by atoms with van der Waals surface area (Å²) in [5.74, 6) is -2.52. The van der Waals surface area contributed by atoms with Crippen LogP contribution in [0.2, 0.25) is 0 Å². The van der Waals surface area contributed by atoms with Crippen molar-refractivity contribution < 1.29 is 19.5 Å². The summed E-state index contributed by atoms with van der Waals surface area (Å²) in [5.41, 5.74) is 1.71. The number of hydrogen-bond donors (Lipinski definition) is 2. The summed E-state index contributed by atoms with van der Waals surface area (Å²) in [6.45, 7) is 3.32. The first-order valence-electron chi connectivity index (χ1n) is 8.48. The van der Waals surface area contributed by atoms with Crippen LogP contribution in [-0.2, 0) is 16.0 Å². The Hall–Kier alpha value is -3.41. The molecule has 0 bridgehead atoms. The van der Waals surface area contributed by atoms with Crippen molar-refractivity contribution in [1.82, 2.24) is 10.6 Å². The van der Waals surface area contributed by atoms with Crippen molar-refractivity contribution in [3.8, 4) is 0 Å². The van der Waals surface area contributed by atoms with Crippen LogP contribution >= 0.6 is 0 Å². The number of benzene rings is 2. The molecule has 0 aliphatic rings. The quantitative estimate of drug-likeness (QED) is 0.720. The SMILES string of the molecule is CC(C)=C(NC(=O)c1ccccc1)C(=O)N[C@@H](Cc1ccccc1)C(=O)[O-]. The van der Waals surface area contributed by atoms with Gasteiger partial charge >= 0.3 is 0 Å². The van der Waals surface area contributed by atoms with E-state index in [0.717, 1.165) is 5.56 Å². The molecule has 1 atom stereocenters. The van der Waals surface area contributed by atoms with Gasteiger partial charge in [-0.05, 0) is 43.5 Å². The van der Waals surface area contributed by atoms with Crippen molar-refractivity contribution in [1.29, 1.82) is 0 Å². The molecule has 0 fully saturated rings. The van der Waals surface area contributed by atoms with E-state index in [-0.39, 0.29) is 12.1 Å². The van der Waals surface area contributed by atoms with Crippen LogP contribution in [0, 0.1) is 0 Å². The number of aliphatic carboxylic acids is 1. The monoisotopic (exact) mass is 365 g/mol. The lowest BCUT2D eigenvalue weighted by atomic mass is 10.1. The summed E-state index contributed by atoms with van der Waals surface area (Å²) in [6.07, 6.45) is 0.0809. The lowest BCUT2D eigenvalue weighted by molar-refractivity contribution is -0.308. The number of carbonyl (C=O) groups is 3. The lowest BCUT2D eigenvalue weighted by Crippen LogP contribution is -2.51. The molecule has 0 saturated carbocycles. The molecule has 2 rings (SSSR count). The van der Waals surface area contributed by atoms with Crippen molar-refractivity contribution in [2.24, 2.45) is 0 Å². The highest BCUT2D eigenvalue weighted by Gasteiger charge is 2.20. The minimum atomic E-state index is -1.39. The van der Waals surface area contributed by atoms with Gasteiger partial charge in [-0.15, -0.1) is 0 Å². The van der Waals surface area contributed by atoms with Crippen LogP contribution in [0.4, 0.5) is 0 Å². The first-order valence-corrected chi connectivity index (χ1v) is 8.48. The minimum Gasteiger partial charge on any atom is -0.548 e. The number of nitrogens with one attached hydrogen (secondary N) is 2. The third kappa shape index (κ3) is 5.81.